The molecule has 0 spiro atoms. The van der Waals surface area contributed by atoms with E-state index in [0.717, 1.165) is 35.8 Å². The number of methoxy groups -OCH3 is 1. The van der Waals surface area contributed by atoms with Gasteiger partial charge in [-0.05, 0) is 58.0 Å². The van der Waals surface area contributed by atoms with Crippen molar-refractivity contribution in [2.75, 3.05) is 45.3 Å². The van der Waals surface area contributed by atoms with Crippen LogP contribution in [0.15, 0.2) is 47.5 Å². The molecule has 0 amide bonds. The van der Waals surface area contributed by atoms with Crippen molar-refractivity contribution < 1.29 is 14.2 Å². The Bertz CT molecular complexity index is 866. The molecule has 1 aliphatic heterocycles. The van der Waals surface area contributed by atoms with Crippen LogP contribution in [0, 0.1) is 0 Å². The predicted molar refractivity (Wildman–Crippen MR) is 125 cm³/mol. The van der Waals surface area contributed by atoms with E-state index in [1.54, 1.807) is 7.11 Å². The molecule has 1 heterocycles. The van der Waals surface area contributed by atoms with Crippen molar-refractivity contribution in [2.45, 2.75) is 32.7 Å². The van der Waals surface area contributed by atoms with Crippen molar-refractivity contribution in [3.8, 4) is 17.2 Å². The summed E-state index contributed by atoms with van der Waals surface area (Å²) in [5.74, 6) is 2.69. The molecule has 1 unspecified atom stereocenters. The van der Waals surface area contributed by atoms with Crippen molar-refractivity contribution in [3.63, 3.8) is 0 Å². The van der Waals surface area contributed by atoms with Gasteiger partial charge >= 0.3 is 0 Å². The number of nitrogens with one attached hydrogen (secondary N) is 1. The van der Waals surface area contributed by atoms with Crippen LogP contribution in [0.5, 0.6) is 17.2 Å². The summed E-state index contributed by atoms with van der Waals surface area (Å²) in [5, 5.41) is 3.19. The largest absolute Gasteiger partial charge is 0.496 e. The fourth-order valence-corrected chi connectivity index (χ4v) is 3.91. The molecule has 168 valence electrons. The van der Waals surface area contributed by atoms with Gasteiger partial charge in [0.2, 0.25) is 0 Å². The predicted octanol–water partition coefficient (Wildman–Crippen LogP) is 4.06. The third-order valence-corrected chi connectivity index (χ3v) is 5.34. The highest BCUT2D eigenvalue weighted by Gasteiger charge is 2.25. The van der Waals surface area contributed by atoms with Gasteiger partial charge in [-0.25, -0.2) is 0 Å². The number of hydrogen-bond donors (Lipinski definition) is 2. The van der Waals surface area contributed by atoms with Gasteiger partial charge in [-0.2, -0.15) is 0 Å². The number of ether oxygens (including phenoxy) is 3. The van der Waals surface area contributed by atoms with Crippen LogP contribution >= 0.6 is 0 Å². The average molecular weight is 427 g/mol. The minimum absolute atomic E-state index is 0.111. The van der Waals surface area contributed by atoms with E-state index >= 15 is 0 Å². The van der Waals surface area contributed by atoms with Crippen LogP contribution in [-0.2, 0) is 0 Å². The van der Waals surface area contributed by atoms with Gasteiger partial charge < -0.3 is 25.3 Å². The molecule has 0 radical (unpaired) electrons. The lowest BCUT2D eigenvalue weighted by Crippen LogP contribution is -2.30. The number of nitrogens with two attached hydrogens (primary N) is 1. The van der Waals surface area contributed by atoms with E-state index in [-0.39, 0.29) is 6.04 Å². The van der Waals surface area contributed by atoms with Crippen molar-refractivity contribution in [1.82, 2.24) is 4.90 Å². The first-order valence-electron chi connectivity index (χ1n) is 11.0. The number of guanidine groups is 1. The van der Waals surface area contributed by atoms with Gasteiger partial charge in [0.1, 0.15) is 17.2 Å². The summed E-state index contributed by atoms with van der Waals surface area (Å²) < 4.78 is 17.0. The molecule has 1 atom stereocenters. The maximum atomic E-state index is 6.28. The first-order chi connectivity index (χ1) is 15.2. The van der Waals surface area contributed by atoms with E-state index in [1.807, 2.05) is 50.2 Å². The molecule has 31 heavy (non-hydrogen) atoms. The van der Waals surface area contributed by atoms with Crippen LogP contribution in [-0.4, -0.2) is 50.8 Å². The molecule has 1 fully saturated rings. The Kier molecular flexibility index (Phi) is 8.41. The number of nitrogens with zero attached hydrogens (tertiary/aromatic N) is 2. The lowest BCUT2D eigenvalue weighted by molar-refractivity contribution is 0.245. The third kappa shape index (κ3) is 6.04. The maximum Gasteiger partial charge on any atom is 0.193 e. The lowest BCUT2D eigenvalue weighted by atomic mass is 10.0. The summed E-state index contributed by atoms with van der Waals surface area (Å²) in [6.45, 7) is 7.69. The Hall–Kier alpha value is -2.93. The van der Waals surface area contributed by atoms with Gasteiger partial charge in [0.25, 0.3) is 0 Å². The van der Waals surface area contributed by atoms with Gasteiger partial charge in [-0.3, -0.25) is 9.89 Å². The van der Waals surface area contributed by atoms with Gasteiger partial charge in [-0.15, -0.1) is 0 Å². The molecule has 1 aliphatic rings. The first kappa shape index (κ1) is 22.7. The fraction of sp³-hybridized carbons (Fsp3) is 0.458. The van der Waals surface area contributed by atoms with Crippen LogP contribution in [0.3, 0.4) is 0 Å². The summed E-state index contributed by atoms with van der Waals surface area (Å²) in [6, 6.07) is 13.9. The van der Waals surface area contributed by atoms with Gasteiger partial charge in [-0.1, -0.05) is 18.2 Å². The Morgan fingerprint density at radius 1 is 1.06 bits per heavy atom. The highest BCUT2D eigenvalue weighted by atomic mass is 16.5. The van der Waals surface area contributed by atoms with Gasteiger partial charge in [0.15, 0.2) is 5.96 Å². The fourth-order valence-electron chi connectivity index (χ4n) is 3.91. The SMILES string of the molecule is CCOc1ccc(OCC)c(NC(N)=NCC(c2ccccc2OC)N2CCCC2)c1. The molecule has 7 nitrogen and oxygen atoms in total. The van der Waals surface area contributed by atoms with E-state index in [2.05, 4.69) is 21.3 Å². The quantitative estimate of drug-likeness (QED) is 0.441. The molecule has 3 rings (SSSR count). The van der Waals surface area contributed by atoms with Crippen LogP contribution in [0.25, 0.3) is 0 Å². The second-order valence-electron chi connectivity index (χ2n) is 7.38. The highest BCUT2D eigenvalue weighted by molar-refractivity contribution is 5.94. The van der Waals surface area contributed by atoms with Crippen molar-refractivity contribution in [2.24, 2.45) is 10.7 Å². The first-order valence-corrected chi connectivity index (χ1v) is 11.0. The number of likely N-dealkylation sites (tertiary alicyclic amines) is 1. The molecule has 1 saturated heterocycles. The van der Waals surface area contributed by atoms with Gasteiger partial charge in [0, 0.05) is 11.6 Å². The minimum Gasteiger partial charge on any atom is -0.496 e. The number of benzene rings is 2. The topological polar surface area (TPSA) is 81.3 Å². The zero-order chi connectivity index (χ0) is 22.1. The van der Waals surface area contributed by atoms with Crippen molar-refractivity contribution in [1.29, 1.82) is 0 Å². The van der Waals surface area contributed by atoms with Crippen molar-refractivity contribution >= 4 is 11.6 Å². The summed E-state index contributed by atoms with van der Waals surface area (Å²) >= 11 is 0. The number of anilines is 1. The summed E-state index contributed by atoms with van der Waals surface area (Å²) in [5.41, 5.74) is 8.16. The van der Waals surface area contributed by atoms with E-state index in [4.69, 9.17) is 19.9 Å². The maximum absolute atomic E-state index is 6.28. The summed E-state index contributed by atoms with van der Waals surface area (Å²) in [7, 11) is 1.71. The highest BCUT2D eigenvalue weighted by Crippen LogP contribution is 2.32. The third-order valence-electron chi connectivity index (χ3n) is 5.34. The monoisotopic (exact) mass is 426 g/mol. The smallest absolute Gasteiger partial charge is 0.193 e. The molecule has 7 heteroatoms. The van der Waals surface area contributed by atoms with Crippen LogP contribution in [0.4, 0.5) is 5.69 Å². The van der Waals surface area contributed by atoms with Crippen LogP contribution in [0.2, 0.25) is 0 Å². The Morgan fingerprint density at radius 2 is 1.81 bits per heavy atom. The molecule has 0 saturated carbocycles. The van der Waals surface area contributed by atoms with Crippen LogP contribution < -0.4 is 25.3 Å². The number of rotatable bonds is 10. The number of para-hydroxylation sites is 1. The standard InChI is InChI=1S/C24H34N4O3/c1-4-30-18-12-13-23(31-5-2)20(16-18)27-24(25)26-17-21(28-14-8-9-15-28)19-10-6-7-11-22(19)29-3/h6-7,10-13,16,21H,4-5,8-9,14-15,17H2,1-3H3,(H3,25,26,27). The van der Waals surface area contributed by atoms with E-state index < -0.39 is 0 Å². The Morgan fingerprint density at radius 3 is 2.52 bits per heavy atom. The minimum atomic E-state index is 0.111. The Labute approximate surface area is 185 Å². The van der Waals surface area contributed by atoms with Crippen LogP contribution in [0.1, 0.15) is 38.3 Å². The molecule has 0 aromatic heterocycles. The summed E-state index contributed by atoms with van der Waals surface area (Å²) in [4.78, 5) is 7.14. The number of hydrogen-bond acceptors (Lipinski definition) is 5. The molecule has 0 aliphatic carbocycles. The second kappa shape index (κ2) is 11.5. The molecule has 0 bridgehead atoms. The average Bonchev–Trinajstić information content (AvgIpc) is 3.31. The molecular weight excluding hydrogens is 392 g/mol. The van der Waals surface area contributed by atoms with Gasteiger partial charge in [0.05, 0.1) is 38.6 Å². The molecule has 3 N–H and O–H groups in total. The second-order valence-corrected chi connectivity index (χ2v) is 7.38. The van der Waals surface area contributed by atoms with Crippen molar-refractivity contribution in [3.05, 3.63) is 48.0 Å². The molecule has 2 aromatic rings. The van der Waals surface area contributed by atoms with E-state index in [1.165, 1.54) is 12.8 Å². The van der Waals surface area contributed by atoms with E-state index in [9.17, 15) is 0 Å². The Balaban J connectivity index is 1.80. The normalized spacial score (nSPS) is 15.5. The molecule has 2 aromatic carbocycles. The van der Waals surface area contributed by atoms with E-state index in [0.29, 0.717) is 31.5 Å². The zero-order valence-electron chi connectivity index (χ0n) is 18.8. The summed E-state index contributed by atoms with van der Waals surface area (Å²) in [6.07, 6.45) is 2.40. The zero-order valence-corrected chi connectivity index (χ0v) is 18.8. The lowest BCUT2D eigenvalue weighted by Gasteiger charge is -2.28. The number of aliphatic imine (C=N–C) groups is 1. The molecular formula is C24H34N4O3.